The molecule has 4 aliphatic rings. The number of aromatic amines is 1. The number of benzene rings is 1. The smallest absolute Gasteiger partial charge is 0.305 e. The molecule has 3 aromatic rings. The highest BCUT2D eigenvalue weighted by Crippen LogP contribution is 2.68. The van der Waals surface area contributed by atoms with E-state index in [2.05, 4.69) is 22.5 Å². The van der Waals surface area contributed by atoms with E-state index in [0.29, 0.717) is 5.69 Å². The SMILES string of the molecule is O=C1C2C3CC(C2C(=O)N1c1ccccc1)C1C3Sc2[nH]c(=O)sc2[C@@H]1c1cccs1. The molecular formula is C23H18N2O3S3. The second kappa shape index (κ2) is 6.43. The predicted octanol–water partition coefficient (Wildman–Crippen LogP) is 4.18. The summed E-state index contributed by atoms with van der Waals surface area (Å²) in [4.78, 5) is 46.1. The molecule has 5 nitrogen and oxygen atoms in total. The lowest BCUT2D eigenvalue weighted by molar-refractivity contribution is -0.123. The Hall–Kier alpha value is -2.16. The fraction of sp³-hybridized carbons (Fsp3) is 0.348. The summed E-state index contributed by atoms with van der Waals surface area (Å²) in [7, 11) is 0. The van der Waals surface area contributed by atoms with Crippen molar-refractivity contribution in [1.82, 2.24) is 4.98 Å². The molecule has 7 atom stereocenters. The first-order valence-corrected chi connectivity index (χ1v) is 13.1. The van der Waals surface area contributed by atoms with Crippen molar-refractivity contribution in [2.24, 2.45) is 29.6 Å². The maximum absolute atomic E-state index is 13.6. The van der Waals surface area contributed by atoms with Crippen LogP contribution in [0.2, 0.25) is 0 Å². The Morgan fingerprint density at radius 3 is 2.45 bits per heavy atom. The third kappa shape index (κ3) is 2.36. The number of fused-ring (bicyclic) bond motifs is 9. The van der Waals surface area contributed by atoms with Crippen molar-refractivity contribution in [3.05, 3.63) is 67.3 Å². The number of amides is 2. The van der Waals surface area contributed by atoms with Gasteiger partial charge in [-0.15, -0.1) is 23.1 Å². The quantitative estimate of drug-likeness (QED) is 0.576. The predicted molar refractivity (Wildman–Crippen MR) is 122 cm³/mol. The van der Waals surface area contributed by atoms with Gasteiger partial charge in [0, 0.05) is 20.9 Å². The molecule has 8 heteroatoms. The molecule has 1 saturated heterocycles. The van der Waals surface area contributed by atoms with Gasteiger partial charge in [0.1, 0.15) is 0 Å². The number of hydrogen-bond acceptors (Lipinski definition) is 6. The third-order valence-corrected chi connectivity index (χ3v) is 11.1. The molecule has 2 aromatic heterocycles. The summed E-state index contributed by atoms with van der Waals surface area (Å²) in [6.07, 6.45) is 0.929. The number of carbonyl (C=O) groups excluding carboxylic acids is 2. The molecule has 2 saturated carbocycles. The summed E-state index contributed by atoms with van der Waals surface area (Å²) in [6, 6.07) is 13.5. The summed E-state index contributed by atoms with van der Waals surface area (Å²) in [6.45, 7) is 0. The molecule has 2 aliphatic heterocycles. The summed E-state index contributed by atoms with van der Waals surface area (Å²) < 4.78 is 0. The maximum atomic E-state index is 13.6. The summed E-state index contributed by atoms with van der Waals surface area (Å²) >= 11 is 4.77. The Balaban J connectivity index is 1.34. The van der Waals surface area contributed by atoms with E-state index in [9.17, 15) is 14.4 Å². The highest BCUT2D eigenvalue weighted by atomic mass is 32.2. The Morgan fingerprint density at radius 1 is 0.935 bits per heavy atom. The number of nitrogens with zero attached hydrogens (tertiary/aromatic N) is 1. The van der Waals surface area contributed by atoms with Gasteiger partial charge in [0.15, 0.2) is 0 Å². The van der Waals surface area contributed by atoms with Crippen LogP contribution in [0.15, 0.2) is 57.7 Å². The number of thiazole rings is 1. The summed E-state index contributed by atoms with van der Waals surface area (Å²) in [5, 5.41) is 3.30. The number of rotatable bonds is 2. The highest BCUT2D eigenvalue weighted by Gasteiger charge is 2.69. The second-order valence-electron chi connectivity index (χ2n) is 8.82. The van der Waals surface area contributed by atoms with Crippen LogP contribution in [0.3, 0.4) is 0 Å². The van der Waals surface area contributed by atoms with E-state index >= 15 is 0 Å². The van der Waals surface area contributed by atoms with Crippen LogP contribution in [0.5, 0.6) is 0 Å². The molecule has 156 valence electrons. The first-order chi connectivity index (χ1) is 15.1. The van der Waals surface area contributed by atoms with Crippen molar-refractivity contribution in [3.8, 4) is 0 Å². The molecule has 2 bridgehead atoms. The normalized spacial score (nSPS) is 35.4. The fourth-order valence-electron chi connectivity index (χ4n) is 6.64. The van der Waals surface area contributed by atoms with Crippen molar-refractivity contribution in [2.45, 2.75) is 22.6 Å². The van der Waals surface area contributed by atoms with E-state index in [-0.39, 0.29) is 57.4 Å². The lowest BCUT2D eigenvalue weighted by atomic mass is 9.69. The zero-order chi connectivity index (χ0) is 20.9. The van der Waals surface area contributed by atoms with Crippen molar-refractivity contribution in [1.29, 1.82) is 0 Å². The minimum atomic E-state index is -0.237. The van der Waals surface area contributed by atoms with Gasteiger partial charge in [-0.1, -0.05) is 35.6 Å². The molecule has 31 heavy (non-hydrogen) atoms. The molecule has 4 heterocycles. The number of hydrogen-bond donors (Lipinski definition) is 1. The zero-order valence-electron chi connectivity index (χ0n) is 16.3. The van der Waals surface area contributed by atoms with Crippen molar-refractivity contribution in [3.63, 3.8) is 0 Å². The van der Waals surface area contributed by atoms with E-state index in [0.717, 1.165) is 16.3 Å². The van der Waals surface area contributed by atoms with E-state index < -0.39 is 0 Å². The lowest BCUT2D eigenvalue weighted by Gasteiger charge is -2.42. The van der Waals surface area contributed by atoms with Crippen LogP contribution >= 0.6 is 34.4 Å². The van der Waals surface area contributed by atoms with E-state index in [1.54, 1.807) is 23.1 Å². The molecule has 0 spiro atoms. The number of H-pyrrole nitrogens is 1. The van der Waals surface area contributed by atoms with Gasteiger partial charge >= 0.3 is 4.87 Å². The topological polar surface area (TPSA) is 70.2 Å². The average molecular weight is 467 g/mol. The van der Waals surface area contributed by atoms with Crippen molar-refractivity contribution < 1.29 is 9.59 Å². The maximum Gasteiger partial charge on any atom is 0.305 e. The largest absolute Gasteiger partial charge is 0.307 e. The highest BCUT2D eigenvalue weighted by molar-refractivity contribution is 8.00. The molecular weight excluding hydrogens is 448 g/mol. The van der Waals surface area contributed by atoms with E-state index in [4.69, 9.17) is 0 Å². The van der Waals surface area contributed by atoms with Gasteiger partial charge in [-0.25, -0.2) is 0 Å². The van der Waals surface area contributed by atoms with Crippen LogP contribution in [0, 0.1) is 29.6 Å². The monoisotopic (exact) mass is 466 g/mol. The Labute approximate surface area is 190 Å². The summed E-state index contributed by atoms with van der Waals surface area (Å²) in [5.41, 5.74) is 0.681. The number of anilines is 1. The molecule has 3 fully saturated rings. The van der Waals surface area contributed by atoms with Gasteiger partial charge in [-0.2, -0.15) is 0 Å². The molecule has 2 aliphatic carbocycles. The fourth-order valence-corrected chi connectivity index (χ4v) is 10.5. The lowest BCUT2D eigenvalue weighted by Crippen LogP contribution is -2.42. The molecule has 0 radical (unpaired) electrons. The first-order valence-electron chi connectivity index (χ1n) is 10.5. The number of imide groups is 1. The molecule has 1 aromatic carbocycles. The van der Waals surface area contributed by atoms with Crippen LogP contribution in [0.1, 0.15) is 22.1 Å². The Bertz CT molecular complexity index is 1260. The minimum Gasteiger partial charge on any atom is -0.307 e. The van der Waals surface area contributed by atoms with Gasteiger partial charge in [0.2, 0.25) is 11.8 Å². The zero-order valence-corrected chi connectivity index (χ0v) is 18.7. The molecule has 7 rings (SSSR count). The van der Waals surface area contributed by atoms with Crippen molar-refractivity contribution in [2.75, 3.05) is 4.90 Å². The van der Waals surface area contributed by atoms with Crippen LogP contribution in [0.25, 0.3) is 0 Å². The number of thiophene rings is 1. The number of aromatic nitrogens is 1. The van der Waals surface area contributed by atoms with Gasteiger partial charge in [0.05, 0.1) is 22.5 Å². The van der Waals surface area contributed by atoms with Gasteiger partial charge in [-0.05, 0) is 47.8 Å². The number of para-hydroxylation sites is 1. The van der Waals surface area contributed by atoms with E-state index in [1.807, 2.05) is 30.3 Å². The van der Waals surface area contributed by atoms with Gasteiger partial charge in [-0.3, -0.25) is 19.3 Å². The minimum absolute atomic E-state index is 0.0195. The van der Waals surface area contributed by atoms with Gasteiger partial charge < -0.3 is 4.98 Å². The number of carbonyl (C=O) groups is 2. The standard InChI is InChI=1S/C23H18N2O3S3/c26-21-15-11-9-12(16(15)22(27)25(21)10-5-2-1-3-6-10)18-14(11)17(13-7-4-8-29-13)19-20(30-18)24-23(28)31-19/h1-8,11-12,14-18H,9H2,(H,24,28)/t11?,12?,14?,15?,16?,17-,18?/m1/s1. The Morgan fingerprint density at radius 2 is 1.71 bits per heavy atom. The number of thioether (sulfide) groups is 1. The van der Waals surface area contributed by atoms with E-state index in [1.165, 1.54) is 21.1 Å². The number of nitrogens with one attached hydrogen (secondary N) is 1. The first kappa shape index (κ1) is 18.4. The Kier molecular flexibility index (Phi) is 3.82. The van der Waals surface area contributed by atoms with Crippen LogP contribution < -0.4 is 9.77 Å². The average Bonchev–Trinajstić information content (AvgIpc) is 3.56. The molecule has 6 unspecified atom stereocenters. The van der Waals surface area contributed by atoms with Crippen LogP contribution in [0.4, 0.5) is 5.69 Å². The van der Waals surface area contributed by atoms with Crippen LogP contribution in [-0.4, -0.2) is 22.0 Å². The third-order valence-electron chi connectivity index (χ3n) is 7.59. The van der Waals surface area contributed by atoms with Crippen LogP contribution in [-0.2, 0) is 9.59 Å². The van der Waals surface area contributed by atoms with Gasteiger partial charge in [0.25, 0.3) is 0 Å². The second-order valence-corrected chi connectivity index (χ2v) is 12.0. The molecule has 1 N–H and O–H groups in total. The molecule has 2 amide bonds. The summed E-state index contributed by atoms with van der Waals surface area (Å²) in [5.74, 6) is 0.224. The van der Waals surface area contributed by atoms with Crippen molar-refractivity contribution >= 4 is 51.9 Å².